The van der Waals surface area contributed by atoms with Crippen LogP contribution in [-0.2, 0) is 4.74 Å². The number of nitrogens with two attached hydrogens (primary N) is 1. The first-order valence-electron chi connectivity index (χ1n) is 4.77. The molecule has 0 spiro atoms. The molecule has 2 rings (SSSR count). The van der Waals surface area contributed by atoms with Gasteiger partial charge in [-0.3, -0.25) is 9.89 Å². The van der Waals surface area contributed by atoms with Crippen LogP contribution in [0.4, 0.5) is 11.6 Å². The second-order valence-corrected chi connectivity index (χ2v) is 4.07. The largest absolute Gasteiger partial charge is 0.465 e. The number of thiophene rings is 1. The lowest BCUT2D eigenvalue weighted by Gasteiger charge is -2.02. The number of carbonyl (C=O) groups excluding carboxylic acids is 2. The minimum Gasteiger partial charge on any atom is -0.465 e. The SMILES string of the molecule is COC(=O)c1sccc1NC(=O)c1nc(N)n[nH]1. The zero-order chi connectivity index (χ0) is 13.1. The van der Waals surface area contributed by atoms with Crippen molar-refractivity contribution in [3.05, 3.63) is 22.1 Å². The Hall–Kier alpha value is -2.42. The van der Waals surface area contributed by atoms with Gasteiger partial charge in [-0.15, -0.1) is 16.4 Å². The molecule has 0 aliphatic rings. The molecule has 8 nitrogen and oxygen atoms in total. The maximum Gasteiger partial charge on any atom is 0.350 e. The first-order valence-corrected chi connectivity index (χ1v) is 5.65. The van der Waals surface area contributed by atoms with Crippen molar-refractivity contribution >= 4 is 34.8 Å². The van der Waals surface area contributed by atoms with E-state index < -0.39 is 11.9 Å². The number of amides is 1. The summed E-state index contributed by atoms with van der Waals surface area (Å²) < 4.78 is 4.59. The van der Waals surface area contributed by atoms with E-state index in [4.69, 9.17) is 5.73 Å². The van der Waals surface area contributed by atoms with Gasteiger partial charge in [0.05, 0.1) is 12.8 Å². The van der Waals surface area contributed by atoms with Crippen LogP contribution < -0.4 is 11.1 Å². The predicted molar refractivity (Wildman–Crippen MR) is 64.4 cm³/mol. The van der Waals surface area contributed by atoms with Crippen LogP contribution in [0.2, 0.25) is 0 Å². The molecule has 1 amide bonds. The average molecular weight is 267 g/mol. The molecular weight excluding hydrogens is 258 g/mol. The van der Waals surface area contributed by atoms with E-state index in [9.17, 15) is 9.59 Å². The smallest absolute Gasteiger partial charge is 0.350 e. The summed E-state index contributed by atoms with van der Waals surface area (Å²) in [5.41, 5.74) is 5.64. The molecule has 18 heavy (non-hydrogen) atoms. The molecule has 9 heteroatoms. The first kappa shape index (κ1) is 12.0. The fourth-order valence-corrected chi connectivity index (χ4v) is 1.98. The highest BCUT2D eigenvalue weighted by molar-refractivity contribution is 7.12. The maximum absolute atomic E-state index is 11.7. The van der Waals surface area contributed by atoms with Gasteiger partial charge in [0, 0.05) is 0 Å². The van der Waals surface area contributed by atoms with Crippen LogP contribution in [-0.4, -0.2) is 34.2 Å². The Kier molecular flexibility index (Phi) is 3.24. The number of rotatable bonds is 3. The van der Waals surface area contributed by atoms with Crippen molar-refractivity contribution in [1.29, 1.82) is 0 Å². The van der Waals surface area contributed by atoms with E-state index in [0.717, 1.165) is 11.3 Å². The highest BCUT2D eigenvalue weighted by Crippen LogP contribution is 2.23. The van der Waals surface area contributed by atoms with Gasteiger partial charge in [-0.1, -0.05) is 0 Å². The fraction of sp³-hybridized carbons (Fsp3) is 0.111. The number of nitrogen functional groups attached to an aromatic ring is 1. The van der Waals surface area contributed by atoms with E-state index in [2.05, 4.69) is 25.2 Å². The topological polar surface area (TPSA) is 123 Å². The number of nitrogens with zero attached hydrogens (tertiary/aromatic N) is 2. The molecule has 0 saturated heterocycles. The van der Waals surface area contributed by atoms with Crippen molar-refractivity contribution in [3.63, 3.8) is 0 Å². The lowest BCUT2D eigenvalue weighted by Crippen LogP contribution is -2.15. The van der Waals surface area contributed by atoms with Crippen LogP contribution in [0.25, 0.3) is 0 Å². The number of methoxy groups -OCH3 is 1. The summed E-state index contributed by atoms with van der Waals surface area (Å²) in [4.78, 5) is 27.1. The minimum absolute atomic E-state index is 0.0290. The molecule has 0 unspecified atom stereocenters. The van der Waals surface area contributed by atoms with E-state index >= 15 is 0 Å². The van der Waals surface area contributed by atoms with E-state index in [-0.39, 0.29) is 11.8 Å². The molecule has 0 saturated carbocycles. The molecule has 0 aliphatic carbocycles. The second-order valence-electron chi connectivity index (χ2n) is 3.15. The summed E-state index contributed by atoms with van der Waals surface area (Å²) >= 11 is 1.16. The van der Waals surface area contributed by atoms with Crippen LogP contribution in [0.1, 0.15) is 20.3 Å². The summed E-state index contributed by atoms with van der Waals surface area (Å²) in [5.74, 6) is -1.12. The van der Waals surface area contributed by atoms with Gasteiger partial charge in [0.15, 0.2) is 0 Å². The number of hydrogen-bond acceptors (Lipinski definition) is 7. The maximum atomic E-state index is 11.7. The van der Waals surface area contributed by atoms with Crippen LogP contribution in [0.15, 0.2) is 11.4 Å². The number of anilines is 2. The van der Waals surface area contributed by atoms with Crippen molar-refractivity contribution in [3.8, 4) is 0 Å². The molecule has 0 aliphatic heterocycles. The van der Waals surface area contributed by atoms with Gasteiger partial charge in [0.2, 0.25) is 11.8 Å². The predicted octanol–water partition coefficient (Wildman–Crippen LogP) is 0.487. The van der Waals surface area contributed by atoms with Gasteiger partial charge in [-0.2, -0.15) is 4.98 Å². The Balaban J connectivity index is 2.17. The van der Waals surface area contributed by atoms with Crippen molar-refractivity contribution in [2.45, 2.75) is 0 Å². The highest BCUT2D eigenvalue weighted by Gasteiger charge is 2.17. The number of aromatic nitrogens is 3. The number of ether oxygens (including phenoxy) is 1. The lowest BCUT2D eigenvalue weighted by atomic mass is 10.3. The Morgan fingerprint density at radius 3 is 2.94 bits per heavy atom. The summed E-state index contributed by atoms with van der Waals surface area (Å²) in [6.07, 6.45) is 0. The van der Waals surface area contributed by atoms with Gasteiger partial charge < -0.3 is 15.8 Å². The van der Waals surface area contributed by atoms with Gasteiger partial charge in [-0.05, 0) is 11.4 Å². The van der Waals surface area contributed by atoms with Gasteiger partial charge in [0.25, 0.3) is 5.91 Å². The van der Waals surface area contributed by atoms with Crippen LogP contribution in [0.5, 0.6) is 0 Å². The van der Waals surface area contributed by atoms with Crippen molar-refractivity contribution in [1.82, 2.24) is 15.2 Å². The van der Waals surface area contributed by atoms with E-state index in [0.29, 0.717) is 10.6 Å². The van der Waals surface area contributed by atoms with E-state index in [1.807, 2.05) is 0 Å². The third kappa shape index (κ3) is 2.30. The fourth-order valence-electron chi connectivity index (χ4n) is 1.22. The summed E-state index contributed by atoms with van der Waals surface area (Å²) in [7, 11) is 1.27. The number of carbonyl (C=O) groups is 2. The van der Waals surface area contributed by atoms with Gasteiger partial charge >= 0.3 is 5.97 Å². The third-order valence-electron chi connectivity index (χ3n) is 2.00. The Bertz CT molecular complexity index is 591. The number of esters is 1. The summed E-state index contributed by atoms with van der Waals surface area (Å²) in [6, 6.07) is 1.59. The van der Waals surface area contributed by atoms with Gasteiger partial charge in [-0.25, -0.2) is 4.79 Å². The number of nitrogens with one attached hydrogen (secondary N) is 2. The Labute approximate surface area is 105 Å². The molecule has 2 heterocycles. The lowest BCUT2D eigenvalue weighted by molar-refractivity contribution is 0.0607. The average Bonchev–Trinajstić information content (AvgIpc) is 2.97. The first-order chi connectivity index (χ1) is 8.61. The summed E-state index contributed by atoms with van der Waals surface area (Å²) in [5, 5.41) is 10.1. The molecule has 94 valence electrons. The molecule has 0 radical (unpaired) electrons. The number of H-pyrrole nitrogens is 1. The zero-order valence-electron chi connectivity index (χ0n) is 9.26. The normalized spacial score (nSPS) is 10.1. The van der Waals surface area contributed by atoms with E-state index in [1.54, 1.807) is 11.4 Å². The zero-order valence-corrected chi connectivity index (χ0v) is 10.1. The standard InChI is InChI=1S/C9H9N5O3S/c1-17-8(16)5-4(2-3-18-5)11-7(15)6-12-9(10)14-13-6/h2-3H,1H3,(H,11,15)(H3,10,12,13,14). The van der Waals surface area contributed by atoms with Crippen LogP contribution in [0.3, 0.4) is 0 Å². The molecule has 4 N–H and O–H groups in total. The van der Waals surface area contributed by atoms with Crippen molar-refractivity contribution in [2.24, 2.45) is 0 Å². The van der Waals surface area contributed by atoms with Crippen LogP contribution >= 0.6 is 11.3 Å². The molecule has 2 aromatic heterocycles. The van der Waals surface area contributed by atoms with Gasteiger partial charge in [0.1, 0.15) is 4.88 Å². The Morgan fingerprint density at radius 1 is 1.56 bits per heavy atom. The second kappa shape index (κ2) is 4.84. The van der Waals surface area contributed by atoms with E-state index in [1.165, 1.54) is 7.11 Å². The quantitative estimate of drug-likeness (QED) is 0.695. The number of aromatic amines is 1. The van der Waals surface area contributed by atoms with Crippen LogP contribution in [0, 0.1) is 0 Å². The van der Waals surface area contributed by atoms with Crippen molar-refractivity contribution in [2.75, 3.05) is 18.2 Å². The molecule has 2 aromatic rings. The molecular formula is C9H9N5O3S. The Morgan fingerprint density at radius 2 is 2.33 bits per heavy atom. The minimum atomic E-state index is -0.539. The highest BCUT2D eigenvalue weighted by atomic mass is 32.1. The molecule has 0 fully saturated rings. The molecule has 0 aromatic carbocycles. The third-order valence-corrected chi connectivity index (χ3v) is 2.90. The number of hydrogen-bond donors (Lipinski definition) is 3. The summed E-state index contributed by atoms with van der Waals surface area (Å²) in [6.45, 7) is 0. The molecule has 0 atom stereocenters. The monoisotopic (exact) mass is 267 g/mol. The molecule has 0 bridgehead atoms. The van der Waals surface area contributed by atoms with Crippen molar-refractivity contribution < 1.29 is 14.3 Å².